The van der Waals surface area contributed by atoms with E-state index in [0.29, 0.717) is 5.13 Å². The Balaban J connectivity index is 1.56. The fourth-order valence-corrected chi connectivity index (χ4v) is 3.71. The lowest BCUT2D eigenvalue weighted by molar-refractivity contribution is -0.134. The first-order chi connectivity index (χ1) is 11.6. The number of aryl methyl sites for hydroxylation is 1. The SMILES string of the molecule is CN(C(=O)CCC(=O)Nc1nccs1)C1CCCc2ccccc21. The standard InChI is InChI=1S/C18H21N3O2S/c1-21(15-8-4-6-13-5-2-3-7-14(13)15)17(23)10-9-16(22)20-18-19-11-12-24-18/h2-3,5,7,11-12,15H,4,6,8-10H2,1H3,(H,19,20,22). The van der Waals surface area contributed by atoms with Crippen LogP contribution in [-0.4, -0.2) is 28.7 Å². The van der Waals surface area contributed by atoms with E-state index in [1.54, 1.807) is 16.5 Å². The third kappa shape index (κ3) is 3.82. The molecule has 0 spiro atoms. The fourth-order valence-electron chi connectivity index (χ4n) is 3.17. The number of amides is 2. The first kappa shape index (κ1) is 16.6. The van der Waals surface area contributed by atoms with Gasteiger partial charge in [-0.3, -0.25) is 9.59 Å². The molecule has 5 nitrogen and oxygen atoms in total. The summed E-state index contributed by atoms with van der Waals surface area (Å²) in [6.45, 7) is 0. The number of thiazole rings is 1. The number of hydrogen-bond donors (Lipinski definition) is 1. The topological polar surface area (TPSA) is 62.3 Å². The quantitative estimate of drug-likeness (QED) is 0.905. The van der Waals surface area contributed by atoms with E-state index in [1.165, 1.54) is 22.5 Å². The van der Waals surface area contributed by atoms with Crippen LogP contribution in [-0.2, 0) is 16.0 Å². The second-order valence-electron chi connectivity index (χ2n) is 6.00. The highest BCUT2D eigenvalue weighted by Gasteiger charge is 2.26. The van der Waals surface area contributed by atoms with Crippen LogP contribution >= 0.6 is 11.3 Å². The van der Waals surface area contributed by atoms with Gasteiger partial charge in [-0.25, -0.2) is 4.98 Å². The predicted molar refractivity (Wildman–Crippen MR) is 94.9 cm³/mol. The third-order valence-electron chi connectivity index (χ3n) is 4.44. The van der Waals surface area contributed by atoms with Gasteiger partial charge >= 0.3 is 0 Å². The molecule has 3 rings (SSSR count). The van der Waals surface area contributed by atoms with Crippen LogP contribution in [0.25, 0.3) is 0 Å². The van der Waals surface area contributed by atoms with Crippen LogP contribution < -0.4 is 5.32 Å². The number of nitrogens with one attached hydrogen (secondary N) is 1. The lowest BCUT2D eigenvalue weighted by atomic mass is 9.87. The summed E-state index contributed by atoms with van der Waals surface area (Å²) in [5, 5.41) is 5.08. The van der Waals surface area contributed by atoms with Gasteiger partial charge in [0.05, 0.1) is 6.04 Å². The Kier molecular flexibility index (Phi) is 5.25. The van der Waals surface area contributed by atoms with Gasteiger partial charge in [0, 0.05) is 31.5 Å². The van der Waals surface area contributed by atoms with E-state index in [0.717, 1.165) is 19.3 Å². The molecule has 2 amide bonds. The van der Waals surface area contributed by atoms with Crippen molar-refractivity contribution in [1.29, 1.82) is 0 Å². The first-order valence-corrected chi connectivity index (χ1v) is 9.06. The minimum absolute atomic E-state index is 0.00555. The maximum absolute atomic E-state index is 12.5. The first-order valence-electron chi connectivity index (χ1n) is 8.18. The van der Waals surface area contributed by atoms with Crippen molar-refractivity contribution in [1.82, 2.24) is 9.88 Å². The lowest BCUT2D eigenvalue weighted by Crippen LogP contribution is -2.33. The van der Waals surface area contributed by atoms with E-state index in [9.17, 15) is 9.59 Å². The summed E-state index contributed by atoms with van der Waals surface area (Å²) in [5.41, 5.74) is 2.57. The molecule has 1 N–H and O–H groups in total. The Morgan fingerprint density at radius 3 is 2.96 bits per heavy atom. The van der Waals surface area contributed by atoms with Gasteiger partial charge in [0.15, 0.2) is 5.13 Å². The molecule has 1 unspecified atom stereocenters. The van der Waals surface area contributed by atoms with Gasteiger partial charge in [-0.05, 0) is 30.4 Å². The summed E-state index contributed by atoms with van der Waals surface area (Å²) in [6.07, 6.45) is 5.17. The van der Waals surface area contributed by atoms with E-state index < -0.39 is 0 Å². The zero-order valence-electron chi connectivity index (χ0n) is 13.7. The molecule has 24 heavy (non-hydrogen) atoms. The average Bonchev–Trinajstić information content (AvgIpc) is 3.11. The van der Waals surface area contributed by atoms with E-state index in [1.807, 2.05) is 19.2 Å². The molecule has 0 aliphatic heterocycles. The average molecular weight is 343 g/mol. The Morgan fingerprint density at radius 2 is 2.17 bits per heavy atom. The summed E-state index contributed by atoms with van der Waals surface area (Å²) in [7, 11) is 1.84. The van der Waals surface area contributed by atoms with Crippen molar-refractivity contribution in [2.24, 2.45) is 0 Å². The van der Waals surface area contributed by atoms with E-state index >= 15 is 0 Å². The van der Waals surface area contributed by atoms with Crippen molar-refractivity contribution in [2.75, 3.05) is 12.4 Å². The fraction of sp³-hybridized carbons (Fsp3) is 0.389. The van der Waals surface area contributed by atoms with Gasteiger partial charge in [0.2, 0.25) is 11.8 Å². The summed E-state index contributed by atoms with van der Waals surface area (Å²) in [4.78, 5) is 30.2. The van der Waals surface area contributed by atoms with Crippen molar-refractivity contribution in [3.8, 4) is 0 Å². The highest BCUT2D eigenvalue weighted by molar-refractivity contribution is 7.13. The smallest absolute Gasteiger partial charge is 0.226 e. The molecule has 0 saturated carbocycles. The minimum Gasteiger partial charge on any atom is -0.339 e. The molecule has 0 fully saturated rings. The maximum atomic E-state index is 12.5. The van der Waals surface area contributed by atoms with Gasteiger partial charge in [-0.15, -0.1) is 11.3 Å². The zero-order chi connectivity index (χ0) is 16.9. The van der Waals surface area contributed by atoms with Crippen LogP contribution in [0.2, 0.25) is 0 Å². The molecule has 126 valence electrons. The molecule has 1 aliphatic carbocycles. The van der Waals surface area contributed by atoms with Crippen LogP contribution in [0.4, 0.5) is 5.13 Å². The van der Waals surface area contributed by atoms with Crippen molar-refractivity contribution in [3.05, 3.63) is 47.0 Å². The van der Waals surface area contributed by atoms with Crippen LogP contribution in [0.1, 0.15) is 42.9 Å². The van der Waals surface area contributed by atoms with Crippen molar-refractivity contribution in [3.63, 3.8) is 0 Å². The van der Waals surface area contributed by atoms with Crippen LogP contribution in [0.15, 0.2) is 35.8 Å². The Labute approximate surface area is 145 Å². The van der Waals surface area contributed by atoms with Crippen LogP contribution in [0.5, 0.6) is 0 Å². The second-order valence-corrected chi connectivity index (χ2v) is 6.89. The third-order valence-corrected chi connectivity index (χ3v) is 5.13. The largest absolute Gasteiger partial charge is 0.339 e. The van der Waals surface area contributed by atoms with E-state index in [4.69, 9.17) is 0 Å². The molecular formula is C18H21N3O2S. The Bertz CT molecular complexity index is 715. The number of rotatable bonds is 5. The van der Waals surface area contributed by atoms with E-state index in [2.05, 4.69) is 22.4 Å². The highest BCUT2D eigenvalue weighted by atomic mass is 32.1. The van der Waals surface area contributed by atoms with E-state index in [-0.39, 0.29) is 30.7 Å². The molecule has 0 radical (unpaired) electrons. The number of nitrogens with zero attached hydrogens (tertiary/aromatic N) is 2. The van der Waals surface area contributed by atoms with Crippen molar-refractivity contribution in [2.45, 2.75) is 38.1 Å². The maximum Gasteiger partial charge on any atom is 0.226 e. The Morgan fingerprint density at radius 1 is 1.33 bits per heavy atom. The molecular weight excluding hydrogens is 322 g/mol. The lowest BCUT2D eigenvalue weighted by Gasteiger charge is -2.33. The van der Waals surface area contributed by atoms with Crippen LogP contribution in [0.3, 0.4) is 0 Å². The molecule has 1 atom stereocenters. The molecule has 1 aliphatic rings. The second kappa shape index (κ2) is 7.57. The number of fused-ring (bicyclic) bond motifs is 1. The zero-order valence-corrected chi connectivity index (χ0v) is 14.5. The van der Waals surface area contributed by atoms with Gasteiger partial charge < -0.3 is 10.2 Å². The number of hydrogen-bond acceptors (Lipinski definition) is 4. The highest BCUT2D eigenvalue weighted by Crippen LogP contribution is 2.33. The number of carbonyl (C=O) groups is 2. The van der Waals surface area contributed by atoms with Crippen molar-refractivity contribution < 1.29 is 9.59 Å². The van der Waals surface area contributed by atoms with Crippen molar-refractivity contribution >= 4 is 28.3 Å². The summed E-state index contributed by atoms with van der Waals surface area (Å²) < 4.78 is 0. The predicted octanol–water partition coefficient (Wildman–Crippen LogP) is 3.40. The summed E-state index contributed by atoms with van der Waals surface area (Å²) in [6, 6.07) is 8.44. The summed E-state index contributed by atoms with van der Waals surface area (Å²) in [5.74, 6) is -0.165. The van der Waals surface area contributed by atoms with Gasteiger partial charge in [0.25, 0.3) is 0 Å². The number of anilines is 1. The van der Waals surface area contributed by atoms with Gasteiger partial charge in [-0.1, -0.05) is 24.3 Å². The number of benzene rings is 1. The van der Waals surface area contributed by atoms with Gasteiger partial charge in [0.1, 0.15) is 0 Å². The minimum atomic E-state index is -0.171. The molecule has 1 heterocycles. The van der Waals surface area contributed by atoms with Crippen LogP contribution in [0, 0.1) is 0 Å². The number of aromatic nitrogens is 1. The molecule has 1 aromatic carbocycles. The Hall–Kier alpha value is -2.21. The normalized spacial score (nSPS) is 16.3. The molecule has 1 aromatic heterocycles. The molecule has 2 aromatic rings. The monoisotopic (exact) mass is 343 g/mol. The van der Waals surface area contributed by atoms with Gasteiger partial charge in [-0.2, -0.15) is 0 Å². The molecule has 6 heteroatoms. The molecule has 0 saturated heterocycles. The summed E-state index contributed by atoms with van der Waals surface area (Å²) >= 11 is 1.37. The molecule has 0 bridgehead atoms. The number of carbonyl (C=O) groups excluding carboxylic acids is 2.